The molecule has 3 rings (SSSR count). The number of nitroso groups, excluding NO2 is 1. The van der Waals surface area contributed by atoms with Crippen LogP contribution >= 0.6 is 0 Å². The Labute approximate surface area is 205 Å². The fourth-order valence-electron chi connectivity index (χ4n) is 6.47. The summed E-state index contributed by atoms with van der Waals surface area (Å²) in [5.41, 5.74) is 5.73. The number of aliphatic hydroxyl groups excluding tert-OH is 1. The van der Waals surface area contributed by atoms with Crippen molar-refractivity contribution >= 4 is 5.71 Å². The van der Waals surface area contributed by atoms with Crippen LogP contribution in [0.3, 0.4) is 0 Å². The molecule has 0 amide bonds. The first kappa shape index (κ1) is 26.6. The lowest BCUT2D eigenvalue weighted by Gasteiger charge is -2.42. The zero-order valence-corrected chi connectivity index (χ0v) is 21.8. The van der Waals surface area contributed by atoms with Crippen LogP contribution in [0, 0.1) is 27.6 Å². The van der Waals surface area contributed by atoms with Gasteiger partial charge in [0.2, 0.25) is 0 Å². The van der Waals surface area contributed by atoms with E-state index in [2.05, 4.69) is 69.8 Å². The highest BCUT2D eigenvalue weighted by molar-refractivity contribution is 5.88. The molecule has 0 unspecified atom stereocenters. The average molecular weight is 469 g/mol. The van der Waals surface area contributed by atoms with Gasteiger partial charge in [-0.1, -0.05) is 80.9 Å². The molecule has 0 saturated heterocycles. The smallest absolute Gasteiger partial charge is 0.0987 e. The van der Waals surface area contributed by atoms with Crippen LogP contribution in [0.25, 0.3) is 0 Å². The molecule has 5 nitrogen and oxygen atoms in total. The van der Waals surface area contributed by atoms with E-state index in [0.717, 1.165) is 49.0 Å². The Hall–Kier alpha value is -2.01. The van der Waals surface area contributed by atoms with Crippen molar-refractivity contribution < 1.29 is 10.3 Å². The van der Waals surface area contributed by atoms with Gasteiger partial charge in [-0.2, -0.15) is 4.91 Å². The number of aliphatic hydroxyl groups is 1. The summed E-state index contributed by atoms with van der Waals surface area (Å²) >= 11 is 0. The molecule has 0 aromatic rings. The first-order valence-electron chi connectivity index (χ1n) is 13.0. The molecule has 0 spiro atoms. The van der Waals surface area contributed by atoms with Crippen molar-refractivity contribution in [3.05, 3.63) is 52.0 Å². The minimum absolute atomic E-state index is 0.0965. The number of allylic oxidation sites excluding steroid dienone is 5. The maximum atomic E-state index is 11.1. The molecular formula is C29H44N2O3. The van der Waals surface area contributed by atoms with Gasteiger partial charge in [-0.05, 0) is 79.8 Å². The van der Waals surface area contributed by atoms with Gasteiger partial charge in [-0.25, -0.2) is 0 Å². The van der Waals surface area contributed by atoms with Crippen LogP contribution in [0.1, 0.15) is 92.4 Å². The maximum absolute atomic E-state index is 11.1. The van der Waals surface area contributed by atoms with Crippen LogP contribution in [0.15, 0.2) is 57.4 Å². The van der Waals surface area contributed by atoms with E-state index in [1.54, 1.807) is 5.57 Å². The number of oxime groups is 1. The number of rotatable bonds is 7. The summed E-state index contributed by atoms with van der Waals surface area (Å²) in [7, 11) is 0. The number of fused-ring (bicyclic) bond motifs is 1. The molecule has 5 atom stereocenters. The molecule has 2 saturated carbocycles. The van der Waals surface area contributed by atoms with Gasteiger partial charge in [0.1, 0.15) is 0 Å². The number of nitrogens with zero attached hydrogens (tertiary/aromatic N) is 2. The summed E-state index contributed by atoms with van der Waals surface area (Å²) in [5, 5.41) is 26.4. The first-order valence-corrected chi connectivity index (χ1v) is 13.0. The second-order valence-electron chi connectivity index (χ2n) is 12.0. The minimum Gasteiger partial charge on any atom is -0.411 e. The molecule has 188 valence electrons. The highest BCUT2D eigenvalue weighted by atomic mass is 16.4. The maximum Gasteiger partial charge on any atom is 0.0987 e. The van der Waals surface area contributed by atoms with E-state index in [-0.39, 0.29) is 16.9 Å². The second kappa shape index (κ2) is 10.7. The normalized spacial score (nSPS) is 33.7. The van der Waals surface area contributed by atoms with Crippen LogP contribution in [0.5, 0.6) is 0 Å². The Morgan fingerprint density at radius 2 is 2.09 bits per heavy atom. The van der Waals surface area contributed by atoms with E-state index in [0.29, 0.717) is 24.7 Å². The van der Waals surface area contributed by atoms with Crippen LogP contribution < -0.4 is 0 Å². The summed E-state index contributed by atoms with van der Waals surface area (Å²) in [5.74, 6) is 1.03. The Balaban J connectivity index is 1.69. The third kappa shape index (κ3) is 5.62. The summed E-state index contributed by atoms with van der Waals surface area (Å²) in [6, 6.07) is -0.364. The van der Waals surface area contributed by atoms with E-state index in [9.17, 15) is 15.2 Å². The van der Waals surface area contributed by atoms with Crippen LogP contribution in [-0.4, -0.2) is 28.2 Å². The predicted molar refractivity (Wildman–Crippen MR) is 140 cm³/mol. The molecule has 34 heavy (non-hydrogen) atoms. The monoisotopic (exact) mass is 468 g/mol. The van der Waals surface area contributed by atoms with Gasteiger partial charge >= 0.3 is 0 Å². The highest BCUT2D eigenvalue weighted by Gasteiger charge is 2.45. The molecule has 2 N–H and O–H groups in total. The van der Waals surface area contributed by atoms with E-state index in [1.807, 2.05) is 0 Å². The Morgan fingerprint density at radius 1 is 1.35 bits per heavy atom. The van der Waals surface area contributed by atoms with Crippen LogP contribution in [0.4, 0.5) is 0 Å². The first-order chi connectivity index (χ1) is 16.0. The molecule has 5 heteroatoms. The van der Waals surface area contributed by atoms with E-state index in [4.69, 9.17) is 0 Å². The molecule has 0 aliphatic heterocycles. The summed E-state index contributed by atoms with van der Waals surface area (Å²) in [6.07, 6.45) is 14.6. The van der Waals surface area contributed by atoms with E-state index < -0.39 is 6.10 Å². The van der Waals surface area contributed by atoms with Gasteiger partial charge in [0.05, 0.1) is 17.9 Å². The Morgan fingerprint density at radius 3 is 2.74 bits per heavy atom. The van der Waals surface area contributed by atoms with E-state index >= 15 is 0 Å². The molecule has 0 bridgehead atoms. The van der Waals surface area contributed by atoms with Crippen molar-refractivity contribution in [2.45, 2.75) is 105 Å². The molecule has 0 aromatic heterocycles. The van der Waals surface area contributed by atoms with Crippen LogP contribution in [0.2, 0.25) is 0 Å². The highest BCUT2D eigenvalue weighted by Crippen LogP contribution is 2.57. The third-order valence-electron chi connectivity index (χ3n) is 8.59. The van der Waals surface area contributed by atoms with Crippen molar-refractivity contribution in [3.8, 4) is 0 Å². The van der Waals surface area contributed by atoms with Crippen molar-refractivity contribution in [3.63, 3.8) is 0 Å². The van der Waals surface area contributed by atoms with E-state index in [1.165, 1.54) is 18.4 Å². The van der Waals surface area contributed by atoms with Gasteiger partial charge in [0.25, 0.3) is 0 Å². The lowest BCUT2D eigenvalue weighted by atomic mass is 9.62. The summed E-state index contributed by atoms with van der Waals surface area (Å²) in [4.78, 5) is 11.1. The molecular weight excluding hydrogens is 424 g/mol. The molecule has 0 radical (unpaired) electrons. The number of hydrogen-bond acceptors (Lipinski definition) is 5. The molecule has 0 aromatic carbocycles. The van der Waals surface area contributed by atoms with Crippen LogP contribution in [-0.2, 0) is 0 Å². The standard InChI is InChI=1S/C29H44N2O3/c1-19(9-7-11-27(31-34)28(3,4)5)24-14-15-25-21(10-8-16-29(24,25)6)12-13-22-17-23(30-33)18-26(32)20(22)2/h12-14,19,23,25-26,32,34H,2,7-11,15-18H2,1,3-6H3/b21-12+,22-13-,31-27+/t19-,23-,25+,26+,29-/m1/s1. The third-order valence-corrected chi connectivity index (χ3v) is 8.59. The molecule has 3 aliphatic rings. The SMILES string of the molecule is C=C1/C(=C\C=C2/CCC[C@]3(C)C([C@H](C)CCC/C(=N\O)C(C)(C)C)=CC[C@@H]23)C[C@@H](N=O)C[C@@H]1O. The molecule has 2 fully saturated rings. The molecule has 3 aliphatic carbocycles. The number of hydrogen-bond donors (Lipinski definition) is 2. The predicted octanol–water partition coefficient (Wildman–Crippen LogP) is 7.50. The lowest BCUT2D eigenvalue weighted by Crippen LogP contribution is -2.32. The summed E-state index contributed by atoms with van der Waals surface area (Å²) in [6.45, 7) is 15.2. The fourth-order valence-corrected chi connectivity index (χ4v) is 6.47. The zero-order valence-electron chi connectivity index (χ0n) is 21.8. The van der Waals surface area contributed by atoms with Crippen molar-refractivity contribution in [1.82, 2.24) is 0 Å². The minimum atomic E-state index is -0.673. The lowest BCUT2D eigenvalue weighted by molar-refractivity contribution is 0.182. The molecule has 0 heterocycles. The van der Waals surface area contributed by atoms with Gasteiger partial charge in [-0.15, -0.1) is 0 Å². The van der Waals surface area contributed by atoms with Crippen molar-refractivity contribution in [1.29, 1.82) is 0 Å². The second-order valence-corrected chi connectivity index (χ2v) is 12.0. The average Bonchev–Trinajstić information content (AvgIpc) is 3.14. The van der Waals surface area contributed by atoms with Crippen molar-refractivity contribution in [2.75, 3.05) is 0 Å². The van der Waals surface area contributed by atoms with Gasteiger partial charge in [-0.3, -0.25) is 0 Å². The topological polar surface area (TPSA) is 82.2 Å². The van der Waals surface area contributed by atoms with Gasteiger partial charge in [0.15, 0.2) is 0 Å². The fraction of sp³-hybridized carbons (Fsp3) is 0.690. The Kier molecular flexibility index (Phi) is 8.38. The largest absolute Gasteiger partial charge is 0.411 e. The zero-order chi connectivity index (χ0) is 25.1. The Bertz CT molecular complexity index is 905. The quantitative estimate of drug-likeness (QED) is 0.133. The van der Waals surface area contributed by atoms with Gasteiger partial charge in [0, 0.05) is 11.8 Å². The van der Waals surface area contributed by atoms with Gasteiger partial charge < -0.3 is 10.3 Å². The van der Waals surface area contributed by atoms with Crippen molar-refractivity contribution in [2.24, 2.45) is 33.0 Å². The summed E-state index contributed by atoms with van der Waals surface area (Å²) < 4.78 is 0.